The van der Waals surface area contributed by atoms with Crippen molar-refractivity contribution in [3.63, 3.8) is 0 Å². The molecule has 3 rings (SSSR count). The minimum absolute atomic E-state index is 0.00777. The summed E-state index contributed by atoms with van der Waals surface area (Å²) in [5.41, 5.74) is 6.73. The summed E-state index contributed by atoms with van der Waals surface area (Å²) in [4.78, 5) is 44.5. The number of hydrogen-bond acceptors (Lipinski definition) is 4. The molecule has 2 heterocycles. The van der Waals surface area contributed by atoms with E-state index in [0.717, 1.165) is 11.1 Å². The molecule has 1 saturated heterocycles. The number of rotatable bonds is 3. The van der Waals surface area contributed by atoms with E-state index in [1.54, 1.807) is 4.90 Å². The van der Waals surface area contributed by atoms with E-state index in [4.69, 9.17) is 5.73 Å². The van der Waals surface area contributed by atoms with Gasteiger partial charge in [0.2, 0.25) is 5.91 Å². The van der Waals surface area contributed by atoms with E-state index in [9.17, 15) is 14.4 Å². The lowest BCUT2D eigenvalue weighted by atomic mass is 9.96. The molecule has 0 unspecified atom stereocenters. The van der Waals surface area contributed by atoms with Gasteiger partial charge in [-0.15, -0.1) is 0 Å². The number of likely N-dealkylation sites (tertiary alicyclic amines) is 1. The van der Waals surface area contributed by atoms with Crippen LogP contribution >= 0.6 is 0 Å². The first kappa shape index (κ1) is 16.9. The van der Waals surface area contributed by atoms with Gasteiger partial charge in [-0.05, 0) is 19.8 Å². The van der Waals surface area contributed by atoms with E-state index in [2.05, 4.69) is 9.97 Å². The van der Waals surface area contributed by atoms with Crippen molar-refractivity contribution in [2.24, 2.45) is 11.7 Å². The zero-order chi connectivity index (χ0) is 18.0. The van der Waals surface area contributed by atoms with Crippen LogP contribution in [0.2, 0.25) is 0 Å². The summed E-state index contributed by atoms with van der Waals surface area (Å²) in [5.74, 6) is -0.487. The lowest BCUT2D eigenvalue weighted by Crippen LogP contribution is -2.43. The maximum atomic E-state index is 12.5. The number of nitrogens with zero attached hydrogens (tertiary/aromatic N) is 2. The zero-order valence-electron chi connectivity index (χ0n) is 14.0. The summed E-state index contributed by atoms with van der Waals surface area (Å²) < 4.78 is 0. The molecule has 1 aromatic heterocycles. The van der Waals surface area contributed by atoms with Crippen LogP contribution in [-0.2, 0) is 4.79 Å². The largest absolute Gasteiger partial charge is 0.369 e. The molecule has 1 aliphatic heterocycles. The van der Waals surface area contributed by atoms with Gasteiger partial charge >= 0.3 is 0 Å². The fraction of sp³-hybridized carbons (Fsp3) is 0.333. The Morgan fingerprint density at radius 3 is 2.40 bits per heavy atom. The number of piperidine rings is 1. The lowest BCUT2D eigenvalue weighted by molar-refractivity contribution is -0.123. The van der Waals surface area contributed by atoms with Gasteiger partial charge in [-0.25, -0.2) is 4.98 Å². The molecule has 0 radical (unpaired) electrons. The Morgan fingerprint density at radius 1 is 1.20 bits per heavy atom. The topological polar surface area (TPSA) is 109 Å². The second kappa shape index (κ2) is 6.88. The smallest absolute Gasteiger partial charge is 0.264 e. The number of aromatic amines is 1. The highest BCUT2D eigenvalue weighted by Gasteiger charge is 2.27. The minimum atomic E-state index is -0.465. The number of H-pyrrole nitrogens is 1. The molecule has 7 nitrogen and oxygen atoms in total. The average molecular weight is 340 g/mol. The van der Waals surface area contributed by atoms with Crippen LogP contribution in [0.3, 0.4) is 0 Å². The summed E-state index contributed by atoms with van der Waals surface area (Å²) >= 11 is 0. The molecule has 25 heavy (non-hydrogen) atoms. The Bertz CT molecular complexity index is 849. The van der Waals surface area contributed by atoms with Crippen LogP contribution < -0.4 is 11.3 Å². The molecule has 130 valence electrons. The zero-order valence-corrected chi connectivity index (χ0v) is 14.0. The van der Waals surface area contributed by atoms with E-state index in [-0.39, 0.29) is 23.3 Å². The first-order valence-electron chi connectivity index (χ1n) is 8.20. The van der Waals surface area contributed by atoms with Gasteiger partial charge < -0.3 is 15.6 Å². The molecule has 3 N–H and O–H groups in total. The van der Waals surface area contributed by atoms with E-state index >= 15 is 0 Å². The third kappa shape index (κ3) is 3.60. The molecule has 1 aliphatic rings. The molecule has 0 aliphatic carbocycles. The van der Waals surface area contributed by atoms with Crippen LogP contribution in [0, 0.1) is 12.8 Å². The predicted molar refractivity (Wildman–Crippen MR) is 92.9 cm³/mol. The maximum Gasteiger partial charge on any atom is 0.264 e. The van der Waals surface area contributed by atoms with Crippen molar-refractivity contribution in [2.45, 2.75) is 19.8 Å². The van der Waals surface area contributed by atoms with Crippen molar-refractivity contribution in [3.8, 4) is 11.4 Å². The number of carbonyl (C=O) groups excluding carboxylic acids is 2. The van der Waals surface area contributed by atoms with Crippen LogP contribution in [0.15, 0.2) is 35.3 Å². The molecule has 2 amide bonds. The van der Waals surface area contributed by atoms with Crippen LogP contribution in [0.25, 0.3) is 11.4 Å². The predicted octanol–water partition coefficient (Wildman–Crippen LogP) is 1.08. The van der Waals surface area contributed by atoms with Crippen LogP contribution in [-0.4, -0.2) is 39.8 Å². The van der Waals surface area contributed by atoms with Gasteiger partial charge in [-0.1, -0.05) is 29.8 Å². The van der Waals surface area contributed by atoms with Gasteiger partial charge in [-0.3, -0.25) is 14.4 Å². The Kier molecular flexibility index (Phi) is 4.65. The first-order valence-corrected chi connectivity index (χ1v) is 8.20. The summed E-state index contributed by atoms with van der Waals surface area (Å²) in [6, 6.07) is 7.59. The Hall–Kier alpha value is -2.96. The molecular formula is C18H20N4O3. The summed E-state index contributed by atoms with van der Waals surface area (Å²) in [6.45, 7) is 2.79. The molecule has 7 heteroatoms. The number of aryl methyl sites for hydroxylation is 1. The molecule has 1 aromatic carbocycles. The SMILES string of the molecule is Cc1ccc(-c2ncc(C(=O)N3CCC(C(N)=O)CC3)c(=O)[nH]2)cc1. The van der Waals surface area contributed by atoms with Gasteiger partial charge in [0.1, 0.15) is 11.4 Å². The van der Waals surface area contributed by atoms with Crippen molar-refractivity contribution < 1.29 is 9.59 Å². The van der Waals surface area contributed by atoms with Crippen molar-refractivity contribution in [3.05, 3.63) is 51.9 Å². The standard InChI is InChI=1S/C18H20N4O3/c1-11-2-4-13(5-3-11)16-20-10-14(17(24)21-16)18(25)22-8-6-12(7-9-22)15(19)23/h2-5,10,12H,6-9H2,1H3,(H2,19,23)(H,20,21,24). The second-order valence-corrected chi connectivity index (χ2v) is 6.31. The third-order valence-electron chi connectivity index (χ3n) is 4.54. The molecule has 2 aromatic rings. The summed E-state index contributed by atoms with van der Waals surface area (Å²) in [7, 11) is 0. The fourth-order valence-corrected chi connectivity index (χ4v) is 2.94. The number of benzene rings is 1. The van der Waals surface area contributed by atoms with Crippen molar-refractivity contribution in [2.75, 3.05) is 13.1 Å². The number of nitrogens with two attached hydrogens (primary N) is 1. The van der Waals surface area contributed by atoms with Crippen molar-refractivity contribution >= 4 is 11.8 Å². The third-order valence-corrected chi connectivity index (χ3v) is 4.54. The average Bonchev–Trinajstić information content (AvgIpc) is 2.62. The number of carbonyl (C=O) groups is 2. The Morgan fingerprint density at radius 2 is 1.84 bits per heavy atom. The normalized spacial score (nSPS) is 15.2. The van der Waals surface area contributed by atoms with Gasteiger partial charge in [0.25, 0.3) is 11.5 Å². The fourth-order valence-electron chi connectivity index (χ4n) is 2.94. The summed E-state index contributed by atoms with van der Waals surface area (Å²) in [6.07, 6.45) is 2.36. The van der Waals surface area contributed by atoms with Crippen molar-refractivity contribution in [1.29, 1.82) is 0 Å². The maximum absolute atomic E-state index is 12.5. The van der Waals surface area contributed by atoms with Crippen LogP contribution in [0.5, 0.6) is 0 Å². The van der Waals surface area contributed by atoms with Gasteiger partial charge in [0.15, 0.2) is 0 Å². The number of hydrogen-bond donors (Lipinski definition) is 2. The second-order valence-electron chi connectivity index (χ2n) is 6.31. The molecule has 0 saturated carbocycles. The van der Waals surface area contributed by atoms with Gasteiger partial charge in [-0.2, -0.15) is 0 Å². The van der Waals surface area contributed by atoms with E-state index in [1.165, 1.54) is 6.20 Å². The lowest BCUT2D eigenvalue weighted by Gasteiger charge is -2.30. The van der Waals surface area contributed by atoms with Crippen LogP contribution in [0.4, 0.5) is 0 Å². The molecule has 1 fully saturated rings. The van der Waals surface area contributed by atoms with Crippen molar-refractivity contribution in [1.82, 2.24) is 14.9 Å². The van der Waals surface area contributed by atoms with Gasteiger partial charge in [0, 0.05) is 30.8 Å². The monoisotopic (exact) mass is 340 g/mol. The van der Waals surface area contributed by atoms with E-state index < -0.39 is 5.56 Å². The minimum Gasteiger partial charge on any atom is -0.369 e. The van der Waals surface area contributed by atoms with E-state index in [0.29, 0.717) is 31.8 Å². The molecule has 0 spiro atoms. The Labute approximate surface area is 144 Å². The highest BCUT2D eigenvalue weighted by molar-refractivity contribution is 5.94. The highest BCUT2D eigenvalue weighted by Crippen LogP contribution is 2.18. The number of nitrogens with one attached hydrogen (secondary N) is 1. The van der Waals surface area contributed by atoms with Crippen LogP contribution in [0.1, 0.15) is 28.8 Å². The van der Waals surface area contributed by atoms with E-state index in [1.807, 2.05) is 31.2 Å². The number of amides is 2. The van der Waals surface area contributed by atoms with Gasteiger partial charge in [0.05, 0.1) is 0 Å². The molecular weight excluding hydrogens is 320 g/mol. The highest BCUT2D eigenvalue weighted by atomic mass is 16.2. The quantitative estimate of drug-likeness (QED) is 0.871. The molecule has 0 bridgehead atoms. The number of primary amides is 1. The Balaban J connectivity index is 1.77. The molecule has 0 atom stereocenters. The summed E-state index contributed by atoms with van der Waals surface area (Å²) in [5, 5.41) is 0. The number of aromatic nitrogens is 2. The first-order chi connectivity index (χ1) is 12.0.